The number of ether oxygens (including phenoxy) is 1. The summed E-state index contributed by atoms with van der Waals surface area (Å²) in [5, 5.41) is 2.82. The van der Waals surface area contributed by atoms with E-state index in [0.717, 1.165) is 0 Å². The van der Waals surface area contributed by atoms with Crippen molar-refractivity contribution in [2.75, 3.05) is 7.11 Å². The summed E-state index contributed by atoms with van der Waals surface area (Å²) in [6.45, 7) is 0. The highest BCUT2D eigenvalue weighted by atomic mass is 35.5. The van der Waals surface area contributed by atoms with Crippen molar-refractivity contribution in [1.82, 2.24) is 15.3 Å². The quantitative estimate of drug-likeness (QED) is 0.643. The molecule has 1 amide bonds. The first-order chi connectivity index (χ1) is 11.0. The first-order valence-electron chi connectivity index (χ1n) is 6.63. The summed E-state index contributed by atoms with van der Waals surface area (Å²) in [5.74, 6) is 1.11. The summed E-state index contributed by atoms with van der Waals surface area (Å²) in [4.78, 5) is 30.9. The van der Waals surface area contributed by atoms with Crippen LogP contribution in [0.15, 0.2) is 30.7 Å². The van der Waals surface area contributed by atoms with Crippen molar-refractivity contribution in [1.29, 1.82) is 0 Å². The lowest BCUT2D eigenvalue weighted by Gasteiger charge is -2.15. The van der Waals surface area contributed by atoms with Gasteiger partial charge in [-0.25, -0.2) is 9.78 Å². The third kappa shape index (κ3) is 4.11. The van der Waals surface area contributed by atoms with Crippen LogP contribution in [0.3, 0.4) is 0 Å². The van der Waals surface area contributed by atoms with E-state index in [9.17, 15) is 9.59 Å². The molecule has 6 nitrogen and oxygen atoms in total. The van der Waals surface area contributed by atoms with Crippen LogP contribution < -0.4 is 5.32 Å². The van der Waals surface area contributed by atoms with E-state index in [0.29, 0.717) is 11.3 Å². The number of benzene rings is 1. The highest BCUT2D eigenvalue weighted by molar-refractivity contribution is 6.32. The number of methoxy groups -OCH3 is 1. The largest absolute Gasteiger partial charge is 0.467 e. The van der Waals surface area contributed by atoms with Gasteiger partial charge in [0, 0.05) is 23.7 Å². The molecule has 2 N–H and O–H groups in total. The number of imidazole rings is 1. The molecule has 0 spiro atoms. The second kappa shape index (κ2) is 7.47. The summed E-state index contributed by atoms with van der Waals surface area (Å²) in [6.07, 6.45) is 10.4. The molecule has 1 aromatic heterocycles. The van der Waals surface area contributed by atoms with Gasteiger partial charge in [0.05, 0.1) is 24.2 Å². The number of amides is 1. The lowest BCUT2D eigenvalue weighted by atomic mass is 10.1. The fourth-order valence-electron chi connectivity index (χ4n) is 1.95. The van der Waals surface area contributed by atoms with E-state index in [1.54, 1.807) is 6.20 Å². The third-order valence-electron chi connectivity index (χ3n) is 3.13. The van der Waals surface area contributed by atoms with Crippen LogP contribution in [0.2, 0.25) is 5.02 Å². The van der Waals surface area contributed by atoms with Crippen LogP contribution in [0.25, 0.3) is 0 Å². The standard InChI is InChI=1S/C16H13ClN3O3/c1-3-10-4-5-11(6-13(10)17)15(21)20-14(16(22)23-2)7-12-8-18-9-19-12/h4-6,8-9,14H,7H2,2H3,(H,18,19)(H,20,21). The smallest absolute Gasteiger partial charge is 0.328 e. The molecule has 2 rings (SSSR count). The number of aromatic nitrogens is 2. The molecule has 0 saturated carbocycles. The molecular formula is C16H13ClN3O3. The van der Waals surface area contributed by atoms with Gasteiger partial charge in [0.2, 0.25) is 0 Å². The lowest BCUT2D eigenvalue weighted by molar-refractivity contribution is -0.142. The number of H-pyrrole nitrogens is 1. The van der Waals surface area contributed by atoms with E-state index in [4.69, 9.17) is 22.8 Å². The van der Waals surface area contributed by atoms with Crippen molar-refractivity contribution in [3.63, 3.8) is 0 Å². The Labute approximate surface area is 138 Å². The Balaban J connectivity index is 2.15. The number of carbonyl (C=O) groups is 2. The average Bonchev–Trinajstić information content (AvgIpc) is 3.06. The molecule has 1 aromatic carbocycles. The molecule has 117 valence electrons. The molecule has 7 heteroatoms. The van der Waals surface area contributed by atoms with Gasteiger partial charge in [0.1, 0.15) is 6.04 Å². The number of esters is 1. The minimum Gasteiger partial charge on any atom is -0.467 e. The van der Waals surface area contributed by atoms with Crippen molar-refractivity contribution in [3.8, 4) is 5.92 Å². The minimum atomic E-state index is -0.872. The van der Waals surface area contributed by atoms with E-state index in [1.165, 1.54) is 31.6 Å². The molecule has 23 heavy (non-hydrogen) atoms. The Morgan fingerprint density at radius 3 is 2.87 bits per heavy atom. The summed E-state index contributed by atoms with van der Waals surface area (Å²) < 4.78 is 4.71. The fourth-order valence-corrected chi connectivity index (χ4v) is 2.17. The molecule has 0 fully saturated rings. The number of aromatic amines is 1. The molecule has 1 atom stereocenters. The first kappa shape index (κ1) is 16.6. The number of rotatable bonds is 5. The van der Waals surface area contributed by atoms with Gasteiger partial charge in [-0.1, -0.05) is 17.5 Å². The van der Waals surface area contributed by atoms with Crippen LogP contribution in [-0.4, -0.2) is 35.0 Å². The van der Waals surface area contributed by atoms with Gasteiger partial charge >= 0.3 is 5.97 Å². The third-order valence-corrected chi connectivity index (χ3v) is 3.44. The number of carbonyl (C=O) groups excluding carboxylic acids is 2. The fraction of sp³-hybridized carbons (Fsp3) is 0.188. The van der Waals surface area contributed by atoms with E-state index >= 15 is 0 Å². The van der Waals surface area contributed by atoms with Crippen molar-refractivity contribution >= 4 is 23.5 Å². The van der Waals surface area contributed by atoms with Crippen LogP contribution >= 0.6 is 11.6 Å². The SMILES string of the molecule is [C]#Cc1ccc(C(=O)NC(Cc2c[nH]cn2)C(=O)OC)cc1Cl. The molecule has 1 heterocycles. The van der Waals surface area contributed by atoms with Gasteiger partial charge in [-0.3, -0.25) is 4.79 Å². The van der Waals surface area contributed by atoms with Gasteiger partial charge in [0.15, 0.2) is 0 Å². The zero-order valence-corrected chi connectivity index (χ0v) is 13.0. The maximum atomic E-state index is 12.3. The van der Waals surface area contributed by atoms with Crippen molar-refractivity contribution in [2.24, 2.45) is 0 Å². The molecule has 0 aliphatic rings. The topological polar surface area (TPSA) is 84.1 Å². The number of hydrogen-bond acceptors (Lipinski definition) is 4. The number of halogens is 1. The molecule has 0 saturated heterocycles. The second-order valence-corrected chi connectivity index (χ2v) is 5.04. The van der Waals surface area contributed by atoms with Crippen LogP contribution in [0.1, 0.15) is 21.6 Å². The van der Waals surface area contributed by atoms with Crippen LogP contribution in [0.4, 0.5) is 0 Å². The number of nitrogens with zero attached hydrogens (tertiary/aromatic N) is 1. The Morgan fingerprint density at radius 2 is 2.30 bits per heavy atom. The lowest BCUT2D eigenvalue weighted by Crippen LogP contribution is -2.43. The van der Waals surface area contributed by atoms with Gasteiger partial charge in [-0.15, -0.1) is 0 Å². The van der Waals surface area contributed by atoms with E-state index in [2.05, 4.69) is 21.2 Å². The summed E-state index contributed by atoms with van der Waals surface area (Å²) in [6, 6.07) is 3.55. The molecular weight excluding hydrogens is 318 g/mol. The van der Waals surface area contributed by atoms with Crippen molar-refractivity contribution in [2.45, 2.75) is 12.5 Å². The molecule has 0 aliphatic heterocycles. The molecule has 2 aromatic rings. The Hall–Kier alpha value is -2.78. The Morgan fingerprint density at radius 1 is 1.52 bits per heavy atom. The zero-order valence-electron chi connectivity index (χ0n) is 12.2. The molecule has 1 radical (unpaired) electrons. The zero-order chi connectivity index (χ0) is 16.8. The number of hydrogen-bond donors (Lipinski definition) is 2. The molecule has 0 bridgehead atoms. The molecule has 0 aliphatic carbocycles. The van der Waals surface area contributed by atoms with Gasteiger partial charge in [-0.05, 0) is 24.6 Å². The first-order valence-corrected chi connectivity index (χ1v) is 7.01. The van der Waals surface area contributed by atoms with Gasteiger partial charge < -0.3 is 15.0 Å². The Bertz CT molecular complexity index is 750. The Kier molecular flexibility index (Phi) is 5.39. The van der Waals surface area contributed by atoms with Gasteiger partial charge in [-0.2, -0.15) is 0 Å². The van der Waals surface area contributed by atoms with E-state index in [-0.39, 0.29) is 17.0 Å². The van der Waals surface area contributed by atoms with Crippen LogP contribution in [0.5, 0.6) is 0 Å². The maximum Gasteiger partial charge on any atom is 0.328 e. The van der Waals surface area contributed by atoms with Crippen molar-refractivity contribution in [3.05, 3.63) is 59.0 Å². The van der Waals surface area contributed by atoms with Crippen LogP contribution in [0, 0.1) is 12.3 Å². The summed E-state index contributed by atoms with van der Waals surface area (Å²) >= 11 is 5.95. The summed E-state index contributed by atoms with van der Waals surface area (Å²) in [7, 11) is 1.25. The van der Waals surface area contributed by atoms with Crippen LogP contribution in [-0.2, 0) is 16.0 Å². The molecule has 1 unspecified atom stereocenters. The predicted octanol–water partition coefficient (Wildman–Crippen LogP) is 1.52. The summed E-state index contributed by atoms with van der Waals surface area (Å²) in [5.41, 5.74) is 1.27. The number of nitrogens with one attached hydrogen (secondary N) is 2. The maximum absolute atomic E-state index is 12.3. The van der Waals surface area contributed by atoms with Gasteiger partial charge in [0.25, 0.3) is 5.91 Å². The highest BCUT2D eigenvalue weighted by Gasteiger charge is 2.23. The average molecular weight is 331 g/mol. The monoisotopic (exact) mass is 330 g/mol. The van der Waals surface area contributed by atoms with Crippen molar-refractivity contribution < 1.29 is 14.3 Å². The highest BCUT2D eigenvalue weighted by Crippen LogP contribution is 2.17. The normalized spacial score (nSPS) is 11.3. The predicted molar refractivity (Wildman–Crippen MR) is 83.2 cm³/mol. The van der Waals surface area contributed by atoms with E-state index < -0.39 is 17.9 Å². The minimum absolute atomic E-state index is 0.196. The van der Waals surface area contributed by atoms with E-state index in [1.807, 2.05) is 0 Å². The second-order valence-electron chi connectivity index (χ2n) is 4.63.